The Kier molecular flexibility index (Phi) is 8.74. The highest BCUT2D eigenvalue weighted by Gasteiger charge is 2.37. The summed E-state index contributed by atoms with van der Waals surface area (Å²) in [5.41, 5.74) is 2.62. The predicted octanol–water partition coefficient (Wildman–Crippen LogP) is 8.97. The Hall–Kier alpha value is -2.50. The van der Waals surface area contributed by atoms with Gasteiger partial charge in [0, 0.05) is 34.0 Å². The Morgan fingerprint density at radius 1 is 0.721 bits per heavy atom. The molecule has 0 spiro atoms. The Balaban J connectivity index is 1.07. The molecule has 0 radical (unpaired) electrons. The molecular formula is C38H56N2O3. The average molecular weight is 589 g/mol. The van der Waals surface area contributed by atoms with Gasteiger partial charge >= 0.3 is 0 Å². The third-order valence-electron chi connectivity index (χ3n) is 8.76. The summed E-state index contributed by atoms with van der Waals surface area (Å²) in [6.07, 6.45) is 6.92. The second-order valence-electron chi connectivity index (χ2n) is 17.0. The highest BCUT2D eigenvalue weighted by atomic mass is 16.5. The number of nitrogens with one attached hydrogen (secondary N) is 2. The Morgan fingerprint density at radius 2 is 1.33 bits per heavy atom. The van der Waals surface area contributed by atoms with E-state index in [0.717, 1.165) is 66.8 Å². The van der Waals surface area contributed by atoms with Gasteiger partial charge in [-0.3, -0.25) is 0 Å². The lowest BCUT2D eigenvalue weighted by Crippen LogP contribution is -2.55. The SMILES string of the molecule is CC(C)(Cc1cccc(OC2CC(NC(C)(C)C)C2)c1)CC(C)(C)NC1CC(Oc2ccc3oc(C(C)(C)C)cc3c2)C1. The smallest absolute Gasteiger partial charge is 0.134 e. The minimum atomic E-state index is -0.00339. The van der Waals surface area contributed by atoms with E-state index in [2.05, 4.69) is 116 Å². The first-order valence-electron chi connectivity index (χ1n) is 16.4. The van der Waals surface area contributed by atoms with Crippen molar-refractivity contribution < 1.29 is 13.9 Å². The highest BCUT2D eigenvalue weighted by molar-refractivity contribution is 5.79. The zero-order valence-electron chi connectivity index (χ0n) is 28.4. The van der Waals surface area contributed by atoms with Gasteiger partial charge in [0.2, 0.25) is 0 Å². The molecule has 0 amide bonds. The van der Waals surface area contributed by atoms with E-state index in [4.69, 9.17) is 13.9 Å². The lowest BCUT2D eigenvalue weighted by atomic mass is 9.75. The minimum absolute atomic E-state index is 0.00339. The van der Waals surface area contributed by atoms with Crippen molar-refractivity contribution in [1.82, 2.24) is 10.6 Å². The molecule has 2 aromatic carbocycles. The van der Waals surface area contributed by atoms with Crippen LogP contribution in [0.25, 0.3) is 11.0 Å². The topological polar surface area (TPSA) is 55.7 Å². The summed E-state index contributed by atoms with van der Waals surface area (Å²) in [6.45, 7) is 22.7. The van der Waals surface area contributed by atoms with Gasteiger partial charge in [-0.25, -0.2) is 0 Å². The van der Waals surface area contributed by atoms with E-state index in [1.54, 1.807) is 0 Å². The summed E-state index contributed by atoms with van der Waals surface area (Å²) in [5, 5.41) is 8.74. The van der Waals surface area contributed by atoms with Crippen LogP contribution >= 0.6 is 0 Å². The maximum absolute atomic E-state index is 6.36. The summed E-state index contributed by atoms with van der Waals surface area (Å²) < 4.78 is 18.8. The average Bonchev–Trinajstić information content (AvgIpc) is 3.24. The van der Waals surface area contributed by atoms with Gasteiger partial charge in [-0.2, -0.15) is 0 Å². The maximum atomic E-state index is 6.36. The van der Waals surface area contributed by atoms with Crippen LogP contribution in [0, 0.1) is 5.41 Å². The Morgan fingerprint density at radius 3 is 1.93 bits per heavy atom. The van der Waals surface area contributed by atoms with Crippen molar-refractivity contribution >= 4 is 11.0 Å². The molecule has 5 rings (SSSR count). The molecule has 1 aromatic heterocycles. The summed E-state index contributed by atoms with van der Waals surface area (Å²) in [4.78, 5) is 0. The second-order valence-corrected chi connectivity index (χ2v) is 17.0. The first kappa shape index (κ1) is 31.9. The van der Waals surface area contributed by atoms with Crippen LogP contribution in [0.3, 0.4) is 0 Å². The molecule has 43 heavy (non-hydrogen) atoms. The molecule has 2 N–H and O–H groups in total. The number of furan rings is 1. The molecule has 0 unspecified atom stereocenters. The quantitative estimate of drug-likeness (QED) is 0.234. The van der Waals surface area contributed by atoms with Crippen LogP contribution in [0.1, 0.15) is 113 Å². The zero-order chi connectivity index (χ0) is 31.2. The molecule has 236 valence electrons. The second kappa shape index (κ2) is 11.8. The number of fused-ring (bicyclic) bond motifs is 1. The van der Waals surface area contributed by atoms with Crippen molar-refractivity contribution in [2.75, 3.05) is 0 Å². The van der Waals surface area contributed by atoms with Gasteiger partial charge in [0.25, 0.3) is 0 Å². The van der Waals surface area contributed by atoms with E-state index in [-0.39, 0.29) is 28.0 Å². The van der Waals surface area contributed by atoms with Gasteiger partial charge in [0.1, 0.15) is 35.1 Å². The van der Waals surface area contributed by atoms with E-state index >= 15 is 0 Å². The van der Waals surface area contributed by atoms with E-state index in [1.807, 2.05) is 12.1 Å². The van der Waals surface area contributed by atoms with Crippen LogP contribution < -0.4 is 20.1 Å². The fourth-order valence-electron chi connectivity index (χ4n) is 7.16. The number of ether oxygens (including phenoxy) is 2. The van der Waals surface area contributed by atoms with Gasteiger partial charge < -0.3 is 24.5 Å². The molecule has 5 nitrogen and oxygen atoms in total. The van der Waals surface area contributed by atoms with Crippen LogP contribution in [-0.2, 0) is 11.8 Å². The molecule has 1 heterocycles. The molecule has 2 aliphatic rings. The van der Waals surface area contributed by atoms with Crippen LogP contribution in [0.15, 0.2) is 52.9 Å². The molecule has 0 saturated heterocycles. The van der Waals surface area contributed by atoms with Gasteiger partial charge in [-0.1, -0.05) is 46.8 Å². The fraction of sp³-hybridized carbons (Fsp3) is 0.632. The van der Waals surface area contributed by atoms with Crippen LogP contribution in [-0.4, -0.2) is 35.4 Å². The van der Waals surface area contributed by atoms with Crippen molar-refractivity contribution in [3.05, 3.63) is 59.9 Å². The van der Waals surface area contributed by atoms with Crippen molar-refractivity contribution in [3.63, 3.8) is 0 Å². The van der Waals surface area contributed by atoms with Crippen molar-refractivity contribution in [1.29, 1.82) is 0 Å². The summed E-state index contributed by atoms with van der Waals surface area (Å²) in [6, 6.07) is 18.2. The Labute approximate surface area is 260 Å². The van der Waals surface area contributed by atoms with Gasteiger partial charge in [-0.05, 0) is 121 Å². The van der Waals surface area contributed by atoms with Crippen molar-refractivity contribution in [2.45, 2.75) is 149 Å². The molecule has 0 atom stereocenters. The molecular weight excluding hydrogens is 532 g/mol. The molecule has 0 aliphatic heterocycles. The molecule has 3 aromatic rings. The number of hydrogen-bond donors (Lipinski definition) is 2. The van der Waals surface area contributed by atoms with Crippen LogP contribution in [0.2, 0.25) is 0 Å². The van der Waals surface area contributed by atoms with Crippen molar-refractivity contribution in [2.24, 2.45) is 5.41 Å². The summed E-state index contributed by atoms with van der Waals surface area (Å²) >= 11 is 0. The van der Waals surface area contributed by atoms with Crippen molar-refractivity contribution in [3.8, 4) is 11.5 Å². The summed E-state index contributed by atoms with van der Waals surface area (Å²) in [5.74, 6) is 2.95. The first-order chi connectivity index (χ1) is 19.9. The molecule has 0 bridgehead atoms. The number of hydrogen-bond acceptors (Lipinski definition) is 5. The van der Waals surface area contributed by atoms with Gasteiger partial charge in [0.05, 0.1) is 0 Å². The molecule has 2 aliphatic carbocycles. The largest absolute Gasteiger partial charge is 0.490 e. The van der Waals surface area contributed by atoms with E-state index < -0.39 is 0 Å². The minimum Gasteiger partial charge on any atom is -0.490 e. The van der Waals surface area contributed by atoms with Crippen LogP contribution in [0.5, 0.6) is 11.5 Å². The van der Waals surface area contributed by atoms with E-state index in [9.17, 15) is 0 Å². The molecule has 5 heteroatoms. The number of benzene rings is 2. The standard InChI is InChI=1S/C38H56N2O3/c1-35(2,3)34-18-26-17-30(14-15-33(26)43-34)42-32-21-28(22-32)40-38(9,10)24-37(7,8)23-25-12-11-13-29(16-25)41-31-19-27(20-31)39-36(4,5)6/h11-18,27-28,31-32,39-40H,19-24H2,1-10H3. The molecule has 2 fully saturated rings. The highest BCUT2D eigenvalue weighted by Crippen LogP contribution is 2.37. The first-order valence-corrected chi connectivity index (χ1v) is 16.4. The monoisotopic (exact) mass is 588 g/mol. The zero-order valence-corrected chi connectivity index (χ0v) is 28.4. The lowest BCUT2D eigenvalue weighted by molar-refractivity contribution is 0.0638. The predicted molar refractivity (Wildman–Crippen MR) is 178 cm³/mol. The Bertz CT molecular complexity index is 1380. The summed E-state index contributed by atoms with van der Waals surface area (Å²) in [7, 11) is 0. The molecule has 2 saturated carbocycles. The van der Waals surface area contributed by atoms with E-state index in [0.29, 0.717) is 18.2 Å². The van der Waals surface area contributed by atoms with Crippen LogP contribution in [0.4, 0.5) is 0 Å². The lowest BCUT2D eigenvalue weighted by Gasteiger charge is -2.44. The fourth-order valence-corrected chi connectivity index (χ4v) is 7.16. The maximum Gasteiger partial charge on any atom is 0.134 e. The third-order valence-corrected chi connectivity index (χ3v) is 8.76. The third kappa shape index (κ3) is 8.79. The van der Waals surface area contributed by atoms with E-state index in [1.165, 1.54) is 5.56 Å². The van der Waals surface area contributed by atoms with Gasteiger partial charge in [0.15, 0.2) is 0 Å². The normalized spacial score (nSPS) is 23.1. The van der Waals surface area contributed by atoms with Gasteiger partial charge in [-0.15, -0.1) is 0 Å². The number of rotatable bonds is 11.